The number of hydrogen-bond acceptors (Lipinski definition) is 4. The molecule has 5 nitrogen and oxygen atoms in total. The van der Waals surface area contributed by atoms with Crippen molar-refractivity contribution in [1.29, 1.82) is 0 Å². The number of thiazole rings is 1. The summed E-state index contributed by atoms with van der Waals surface area (Å²) in [5.74, 6) is 0.979. The smallest absolute Gasteiger partial charge is 0.268 e. The molecule has 124 valence electrons. The van der Waals surface area contributed by atoms with Crippen molar-refractivity contribution in [3.05, 3.63) is 11.1 Å². The van der Waals surface area contributed by atoms with Gasteiger partial charge in [-0.1, -0.05) is 15.9 Å². The average Bonchev–Trinajstić information content (AvgIpc) is 2.83. The van der Waals surface area contributed by atoms with Crippen LogP contribution in [0.4, 0.5) is 5.13 Å². The van der Waals surface area contributed by atoms with E-state index < -0.39 is 5.91 Å². The molecule has 0 unspecified atom stereocenters. The van der Waals surface area contributed by atoms with E-state index in [0.29, 0.717) is 11.6 Å². The number of nitrogens with one attached hydrogen (secondary N) is 1. The number of halogens is 1. The number of carbonyl (C=O) groups excluding carboxylic acids is 2. The van der Waals surface area contributed by atoms with E-state index in [0.717, 1.165) is 18.3 Å². The molecular formula is C16H20BrN3O2S. The van der Waals surface area contributed by atoms with Crippen molar-refractivity contribution < 1.29 is 9.59 Å². The summed E-state index contributed by atoms with van der Waals surface area (Å²) in [6.45, 7) is 0. The predicted molar refractivity (Wildman–Crippen MR) is 92.7 cm³/mol. The molecule has 4 bridgehead atoms. The second-order valence-electron chi connectivity index (χ2n) is 7.74. The molecule has 2 amide bonds. The topological polar surface area (TPSA) is 85.1 Å². The van der Waals surface area contributed by atoms with Gasteiger partial charge in [0.1, 0.15) is 5.69 Å². The highest BCUT2D eigenvalue weighted by molar-refractivity contribution is 9.10. The van der Waals surface area contributed by atoms with E-state index in [-0.39, 0.29) is 21.3 Å². The van der Waals surface area contributed by atoms with E-state index in [1.165, 1.54) is 43.4 Å². The lowest BCUT2D eigenvalue weighted by atomic mass is 9.48. The Morgan fingerprint density at radius 2 is 2.04 bits per heavy atom. The van der Waals surface area contributed by atoms with E-state index in [9.17, 15) is 9.59 Å². The molecule has 0 saturated heterocycles. The normalized spacial score (nSPS) is 37.8. The van der Waals surface area contributed by atoms with Gasteiger partial charge in [-0.15, -0.1) is 11.3 Å². The Labute approximate surface area is 147 Å². The first kappa shape index (κ1) is 15.6. The summed E-state index contributed by atoms with van der Waals surface area (Å²) >= 11 is 5.22. The summed E-state index contributed by atoms with van der Waals surface area (Å²) < 4.78 is 0.262. The van der Waals surface area contributed by atoms with Gasteiger partial charge in [0, 0.05) is 16.1 Å². The number of rotatable bonds is 4. The largest absolute Gasteiger partial charge is 0.364 e. The Hall–Kier alpha value is -0.950. The molecule has 4 saturated carbocycles. The van der Waals surface area contributed by atoms with E-state index in [1.54, 1.807) is 5.38 Å². The minimum absolute atomic E-state index is 0.00780. The van der Waals surface area contributed by atoms with Crippen LogP contribution in [0.2, 0.25) is 0 Å². The molecule has 1 aromatic rings. The van der Waals surface area contributed by atoms with Crippen LogP contribution in [-0.4, -0.2) is 21.1 Å². The number of aromatic nitrogens is 1. The summed E-state index contributed by atoms with van der Waals surface area (Å²) in [5, 5.41) is 4.89. The van der Waals surface area contributed by atoms with Crippen LogP contribution in [0.15, 0.2) is 5.38 Å². The summed E-state index contributed by atoms with van der Waals surface area (Å²) in [5.41, 5.74) is 5.54. The minimum Gasteiger partial charge on any atom is -0.364 e. The van der Waals surface area contributed by atoms with Crippen LogP contribution in [-0.2, 0) is 4.79 Å². The lowest BCUT2D eigenvalue weighted by molar-refractivity contribution is -0.123. The number of alkyl halides is 1. The standard InChI is InChI=1S/C16H20BrN3O2S/c17-16-4-9-1-10(5-16)3-15(2-9,8-16)6-12(21)20-14-19-11(7-23-14)13(18)22/h7,9-10H,1-6,8H2,(H2,18,22)(H,19,20,21)/t9-,10-,15?,16?/m1/s1. The van der Waals surface area contributed by atoms with Crippen molar-refractivity contribution >= 4 is 44.2 Å². The second-order valence-corrected chi connectivity index (χ2v) is 10.3. The van der Waals surface area contributed by atoms with Crippen molar-refractivity contribution in [2.45, 2.75) is 49.3 Å². The predicted octanol–water partition coefficient (Wildman–Crippen LogP) is 3.30. The average molecular weight is 398 g/mol. The first-order valence-corrected chi connectivity index (χ1v) is 9.76. The first-order valence-electron chi connectivity index (χ1n) is 8.09. The van der Waals surface area contributed by atoms with Crippen molar-refractivity contribution in [2.24, 2.45) is 23.0 Å². The molecule has 4 fully saturated rings. The summed E-state index contributed by atoms with van der Waals surface area (Å²) in [6, 6.07) is 0. The quantitative estimate of drug-likeness (QED) is 0.764. The number of carbonyl (C=O) groups is 2. The van der Waals surface area contributed by atoms with Gasteiger partial charge in [0.15, 0.2) is 5.13 Å². The number of anilines is 1. The van der Waals surface area contributed by atoms with Crippen molar-refractivity contribution in [3.8, 4) is 0 Å². The lowest BCUT2D eigenvalue weighted by Crippen LogP contribution is -2.53. The molecule has 3 N–H and O–H groups in total. The third kappa shape index (κ3) is 2.93. The van der Waals surface area contributed by atoms with Crippen LogP contribution in [0.5, 0.6) is 0 Å². The van der Waals surface area contributed by atoms with Crippen LogP contribution >= 0.6 is 27.3 Å². The molecular weight excluding hydrogens is 378 g/mol. The zero-order valence-corrected chi connectivity index (χ0v) is 15.2. The molecule has 5 rings (SSSR count). The molecule has 0 spiro atoms. The van der Waals surface area contributed by atoms with Gasteiger partial charge in [-0.3, -0.25) is 9.59 Å². The highest BCUT2D eigenvalue weighted by atomic mass is 79.9. The molecule has 0 radical (unpaired) electrons. The highest BCUT2D eigenvalue weighted by Gasteiger charge is 2.57. The van der Waals surface area contributed by atoms with Crippen LogP contribution in [0.3, 0.4) is 0 Å². The Balaban J connectivity index is 1.45. The van der Waals surface area contributed by atoms with E-state index in [4.69, 9.17) is 5.73 Å². The summed E-state index contributed by atoms with van der Waals surface area (Å²) in [4.78, 5) is 27.6. The van der Waals surface area contributed by atoms with Gasteiger partial charge in [-0.25, -0.2) is 4.98 Å². The van der Waals surface area contributed by atoms with Crippen LogP contribution < -0.4 is 11.1 Å². The monoisotopic (exact) mass is 397 g/mol. The van der Waals surface area contributed by atoms with Crippen molar-refractivity contribution in [3.63, 3.8) is 0 Å². The van der Waals surface area contributed by atoms with Gasteiger partial charge in [-0.05, 0) is 55.8 Å². The Morgan fingerprint density at radius 1 is 1.35 bits per heavy atom. The number of amides is 2. The Bertz CT molecular complexity index is 660. The maximum absolute atomic E-state index is 12.5. The van der Waals surface area contributed by atoms with Crippen molar-refractivity contribution in [1.82, 2.24) is 4.98 Å². The van der Waals surface area contributed by atoms with Gasteiger partial charge < -0.3 is 11.1 Å². The summed E-state index contributed by atoms with van der Waals surface area (Å²) in [6.07, 6.45) is 7.88. The molecule has 1 heterocycles. The van der Waals surface area contributed by atoms with E-state index >= 15 is 0 Å². The van der Waals surface area contributed by atoms with E-state index in [2.05, 4.69) is 26.2 Å². The van der Waals surface area contributed by atoms with E-state index in [1.807, 2.05) is 0 Å². The Morgan fingerprint density at radius 3 is 2.61 bits per heavy atom. The zero-order valence-electron chi connectivity index (χ0n) is 12.8. The van der Waals surface area contributed by atoms with Crippen LogP contribution in [0, 0.1) is 17.3 Å². The third-order valence-corrected chi connectivity index (χ3v) is 7.33. The molecule has 23 heavy (non-hydrogen) atoms. The molecule has 1 aromatic heterocycles. The number of hydrogen-bond donors (Lipinski definition) is 2. The minimum atomic E-state index is -0.566. The second kappa shape index (κ2) is 5.28. The molecule has 0 aliphatic heterocycles. The Kier molecular flexibility index (Phi) is 3.57. The van der Waals surface area contributed by atoms with Gasteiger partial charge in [0.05, 0.1) is 0 Å². The molecule has 4 aliphatic rings. The van der Waals surface area contributed by atoms with Crippen LogP contribution in [0.1, 0.15) is 55.4 Å². The maximum Gasteiger partial charge on any atom is 0.268 e. The highest BCUT2D eigenvalue weighted by Crippen LogP contribution is 2.65. The fourth-order valence-corrected chi connectivity index (χ4v) is 7.72. The van der Waals surface area contributed by atoms with Gasteiger partial charge in [0.2, 0.25) is 5.91 Å². The fraction of sp³-hybridized carbons (Fsp3) is 0.688. The molecule has 4 aliphatic carbocycles. The lowest BCUT2D eigenvalue weighted by Gasteiger charge is -2.60. The fourth-order valence-electron chi connectivity index (χ4n) is 5.49. The van der Waals surface area contributed by atoms with Crippen molar-refractivity contribution in [2.75, 3.05) is 5.32 Å². The molecule has 0 aromatic carbocycles. The molecule has 2 atom stereocenters. The van der Waals surface area contributed by atoms with Crippen LogP contribution in [0.25, 0.3) is 0 Å². The maximum atomic E-state index is 12.5. The van der Waals surface area contributed by atoms with Gasteiger partial charge in [0.25, 0.3) is 5.91 Å². The number of primary amides is 1. The molecule has 7 heteroatoms. The zero-order chi connectivity index (χ0) is 16.2. The number of nitrogens with two attached hydrogens (primary N) is 1. The SMILES string of the molecule is NC(=O)c1csc(NC(=O)CC23C[C@H]4C[C@@H](CC(Br)(C4)C2)C3)n1. The van der Waals surface area contributed by atoms with Gasteiger partial charge in [-0.2, -0.15) is 0 Å². The first-order chi connectivity index (χ1) is 10.8. The third-order valence-electron chi connectivity index (χ3n) is 5.65. The number of nitrogens with zero attached hydrogens (tertiary/aromatic N) is 1. The summed E-state index contributed by atoms with van der Waals surface area (Å²) in [7, 11) is 0. The van der Waals surface area contributed by atoms with Gasteiger partial charge >= 0.3 is 0 Å².